The Morgan fingerprint density at radius 2 is 1.90 bits per heavy atom. The molecule has 1 aromatic carbocycles. The van der Waals surface area contributed by atoms with E-state index in [1.54, 1.807) is 0 Å². The zero-order chi connectivity index (χ0) is 14.4. The molecule has 0 spiro atoms. The van der Waals surface area contributed by atoms with Crippen molar-refractivity contribution < 1.29 is 5.11 Å². The lowest BCUT2D eigenvalue weighted by Gasteiger charge is -2.33. The highest BCUT2D eigenvalue weighted by molar-refractivity contribution is 5.25. The van der Waals surface area contributed by atoms with Crippen molar-refractivity contribution in [3.63, 3.8) is 0 Å². The van der Waals surface area contributed by atoms with Crippen molar-refractivity contribution in [2.75, 3.05) is 6.61 Å². The SMILES string of the molecule is CCCc1ccc(C(C)NC2CCCCC2CO)cc1. The standard InChI is InChI=1S/C18H29NO/c1-3-6-15-9-11-16(12-10-15)14(2)19-18-8-5-4-7-17(18)13-20/h9-12,14,17-20H,3-8,13H2,1-2H3. The van der Waals surface area contributed by atoms with Crippen LogP contribution in [0.5, 0.6) is 0 Å². The second-order valence-electron chi connectivity index (χ2n) is 6.21. The minimum Gasteiger partial charge on any atom is -0.396 e. The highest BCUT2D eigenvalue weighted by Gasteiger charge is 2.25. The zero-order valence-corrected chi connectivity index (χ0v) is 12.9. The third-order valence-electron chi connectivity index (χ3n) is 4.63. The fraction of sp³-hybridized carbons (Fsp3) is 0.667. The molecule has 0 radical (unpaired) electrons. The first kappa shape index (κ1) is 15.5. The first-order valence-corrected chi connectivity index (χ1v) is 8.20. The molecule has 0 aromatic heterocycles. The van der Waals surface area contributed by atoms with E-state index in [1.165, 1.54) is 36.8 Å². The van der Waals surface area contributed by atoms with Crippen LogP contribution in [-0.2, 0) is 6.42 Å². The first-order valence-electron chi connectivity index (χ1n) is 8.20. The Labute approximate surface area is 123 Å². The number of nitrogens with one attached hydrogen (secondary N) is 1. The topological polar surface area (TPSA) is 32.3 Å². The number of aliphatic hydroxyl groups excluding tert-OH is 1. The van der Waals surface area contributed by atoms with E-state index in [9.17, 15) is 5.11 Å². The van der Waals surface area contributed by atoms with Crippen LogP contribution >= 0.6 is 0 Å². The van der Waals surface area contributed by atoms with E-state index >= 15 is 0 Å². The van der Waals surface area contributed by atoms with E-state index in [0.717, 1.165) is 12.8 Å². The summed E-state index contributed by atoms with van der Waals surface area (Å²) in [4.78, 5) is 0. The van der Waals surface area contributed by atoms with Crippen molar-refractivity contribution >= 4 is 0 Å². The molecule has 0 bridgehead atoms. The van der Waals surface area contributed by atoms with Gasteiger partial charge in [-0.15, -0.1) is 0 Å². The Morgan fingerprint density at radius 3 is 2.55 bits per heavy atom. The van der Waals surface area contributed by atoms with Gasteiger partial charge in [0.25, 0.3) is 0 Å². The van der Waals surface area contributed by atoms with Crippen LogP contribution in [0.2, 0.25) is 0 Å². The number of hydrogen-bond donors (Lipinski definition) is 2. The van der Waals surface area contributed by atoms with Gasteiger partial charge in [0.05, 0.1) is 0 Å². The summed E-state index contributed by atoms with van der Waals surface area (Å²) in [7, 11) is 0. The van der Waals surface area contributed by atoms with Crippen LogP contribution in [0.3, 0.4) is 0 Å². The largest absolute Gasteiger partial charge is 0.396 e. The van der Waals surface area contributed by atoms with Crippen LogP contribution < -0.4 is 5.32 Å². The maximum Gasteiger partial charge on any atom is 0.0474 e. The highest BCUT2D eigenvalue weighted by Crippen LogP contribution is 2.26. The average Bonchev–Trinajstić information content (AvgIpc) is 2.49. The summed E-state index contributed by atoms with van der Waals surface area (Å²) in [5.41, 5.74) is 2.78. The quantitative estimate of drug-likeness (QED) is 0.826. The molecular formula is C18H29NO. The van der Waals surface area contributed by atoms with Gasteiger partial charge in [-0.2, -0.15) is 0 Å². The molecule has 1 fully saturated rings. The molecule has 0 aliphatic heterocycles. The van der Waals surface area contributed by atoms with Crippen LogP contribution in [0.15, 0.2) is 24.3 Å². The minimum atomic E-state index is 0.319. The molecule has 1 aliphatic carbocycles. The molecule has 1 aromatic rings. The van der Waals surface area contributed by atoms with Gasteiger partial charge in [-0.3, -0.25) is 0 Å². The lowest BCUT2D eigenvalue weighted by atomic mass is 9.84. The molecule has 0 heterocycles. The van der Waals surface area contributed by atoms with Crippen LogP contribution in [0.25, 0.3) is 0 Å². The lowest BCUT2D eigenvalue weighted by Crippen LogP contribution is -2.41. The Hall–Kier alpha value is -0.860. The molecule has 1 aliphatic rings. The Kier molecular flexibility index (Phi) is 6.06. The van der Waals surface area contributed by atoms with E-state index in [4.69, 9.17) is 0 Å². The van der Waals surface area contributed by atoms with Crippen LogP contribution in [-0.4, -0.2) is 17.8 Å². The molecule has 0 saturated heterocycles. The van der Waals surface area contributed by atoms with E-state index in [0.29, 0.717) is 24.6 Å². The molecule has 2 rings (SSSR count). The fourth-order valence-electron chi connectivity index (χ4n) is 3.32. The van der Waals surface area contributed by atoms with Gasteiger partial charge < -0.3 is 10.4 Å². The molecule has 2 N–H and O–H groups in total. The minimum absolute atomic E-state index is 0.319. The summed E-state index contributed by atoms with van der Waals surface area (Å²) in [6, 6.07) is 9.84. The van der Waals surface area contributed by atoms with Gasteiger partial charge in [-0.05, 0) is 43.2 Å². The van der Waals surface area contributed by atoms with E-state index in [1.807, 2.05) is 0 Å². The molecule has 1 saturated carbocycles. The van der Waals surface area contributed by atoms with Crippen molar-refractivity contribution in [3.8, 4) is 0 Å². The summed E-state index contributed by atoms with van der Waals surface area (Å²) in [5.74, 6) is 0.436. The smallest absolute Gasteiger partial charge is 0.0474 e. The Morgan fingerprint density at radius 1 is 1.20 bits per heavy atom. The summed E-state index contributed by atoms with van der Waals surface area (Å²) in [5, 5.41) is 13.2. The Balaban J connectivity index is 1.94. The summed E-state index contributed by atoms with van der Waals surface area (Å²) in [6.45, 7) is 4.77. The van der Waals surface area contributed by atoms with Gasteiger partial charge in [-0.1, -0.05) is 50.5 Å². The van der Waals surface area contributed by atoms with Crippen LogP contribution in [0.4, 0.5) is 0 Å². The highest BCUT2D eigenvalue weighted by atomic mass is 16.3. The molecule has 2 nitrogen and oxygen atoms in total. The van der Waals surface area contributed by atoms with E-state index in [2.05, 4.69) is 43.4 Å². The number of aliphatic hydroxyl groups is 1. The molecule has 3 atom stereocenters. The maximum absolute atomic E-state index is 9.50. The van der Waals surface area contributed by atoms with Gasteiger partial charge in [0.15, 0.2) is 0 Å². The molecule has 112 valence electrons. The van der Waals surface area contributed by atoms with Gasteiger partial charge >= 0.3 is 0 Å². The number of aryl methyl sites for hydroxylation is 1. The van der Waals surface area contributed by atoms with Crippen molar-refractivity contribution in [1.29, 1.82) is 0 Å². The van der Waals surface area contributed by atoms with Crippen molar-refractivity contribution in [1.82, 2.24) is 5.32 Å². The summed E-state index contributed by atoms with van der Waals surface area (Å²) >= 11 is 0. The van der Waals surface area contributed by atoms with Gasteiger partial charge in [0.1, 0.15) is 0 Å². The zero-order valence-electron chi connectivity index (χ0n) is 12.9. The number of benzene rings is 1. The Bertz CT molecular complexity index is 387. The van der Waals surface area contributed by atoms with Crippen LogP contribution in [0, 0.1) is 5.92 Å². The molecule has 20 heavy (non-hydrogen) atoms. The molecule has 2 heteroatoms. The number of hydrogen-bond acceptors (Lipinski definition) is 2. The normalized spacial score (nSPS) is 24.6. The van der Waals surface area contributed by atoms with Crippen molar-refractivity contribution in [3.05, 3.63) is 35.4 Å². The summed E-state index contributed by atoms with van der Waals surface area (Å²) < 4.78 is 0. The van der Waals surface area contributed by atoms with Crippen LogP contribution in [0.1, 0.15) is 63.1 Å². The third kappa shape index (κ3) is 4.07. The second-order valence-corrected chi connectivity index (χ2v) is 6.21. The monoisotopic (exact) mass is 275 g/mol. The molecule has 0 amide bonds. The number of rotatable bonds is 6. The van der Waals surface area contributed by atoms with E-state index < -0.39 is 0 Å². The summed E-state index contributed by atoms with van der Waals surface area (Å²) in [6.07, 6.45) is 7.28. The molecule has 3 unspecified atom stereocenters. The van der Waals surface area contributed by atoms with Gasteiger partial charge in [-0.25, -0.2) is 0 Å². The molecular weight excluding hydrogens is 246 g/mol. The van der Waals surface area contributed by atoms with E-state index in [-0.39, 0.29) is 0 Å². The predicted octanol–water partition coefficient (Wildman–Crippen LogP) is 3.84. The predicted molar refractivity (Wildman–Crippen MR) is 84.8 cm³/mol. The van der Waals surface area contributed by atoms with Gasteiger partial charge in [0.2, 0.25) is 0 Å². The van der Waals surface area contributed by atoms with Gasteiger partial charge in [0, 0.05) is 18.7 Å². The first-order chi connectivity index (χ1) is 9.74. The second kappa shape index (κ2) is 7.80. The lowest BCUT2D eigenvalue weighted by molar-refractivity contribution is 0.147. The third-order valence-corrected chi connectivity index (χ3v) is 4.63. The maximum atomic E-state index is 9.50. The average molecular weight is 275 g/mol. The van der Waals surface area contributed by atoms with Crippen molar-refractivity contribution in [2.24, 2.45) is 5.92 Å². The van der Waals surface area contributed by atoms with Crippen molar-refractivity contribution in [2.45, 2.75) is 64.5 Å². The fourth-order valence-corrected chi connectivity index (χ4v) is 3.32.